The Kier molecular flexibility index (Phi) is 1.97. The van der Waals surface area contributed by atoms with Crippen LogP contribution in [0.1, 0.15) is 6.92 Å². The first kappa shape index (κ1) is 7.15. The van der Waals surface area contributed by atoms with Gasteiger partial charge in [0.2, 0.25) is 0 Å². The van der Waals surface area contributed by atoms with Crippen LogP contribution in [0, 0.1) is 0 Å². The van der Waals surface area contributed by atoms with Crippen LogP contribution in [0.15, 0.2) is 23.9 Å². The van der Waals surface area contributed by atoms with E-state index in [1.165, 1.54) is 13.4 Å². The summed E-state index contributed by atoms with van der Waals surface area (Å²) in [6, 6.07) is 0. The summed E-state index contributed by atoms with van der Waals surface area (Å²) in [5.41, 5.74) is 0. The lowest BCUT2D eigenvalue weighted by Gasteiger charge is -2.16. The number of methoxy groups -OCH3 is 1. The molecular weight excluding hydrogens is 132 g/mol. The van der Waals surface area contributed by atoms with Crippen LogP contribution in [0.4, 0.5) is 0 Å². The molecule has 56 valence electrons. The number of aliphatic hydroxyl groups excluding tert-OH is 1. The Bertz CT molecular complexity index is 181. The van der Waals surface area contributed by atoms with Gasteiger partial charge in [0.25, 0.3) is 0 Å². The molecule has 1 unspecified atom stereocenters. The summed E-state index contributed by atoms with van der Waals surface area (Å²) in [5, 5.41) is 9.22. The molecule has 0 spiro atoms. The maximum absolute atomic E-state index is 9.22. The molecule has 0 fully saturated rings. The molecule has 1 aliphatic rings. The third-order valence-electron chi connectivity index (χ3n) is 1.38. The zero-order chi connectivity index (χ0) is 7.56. The van der Waals surface area contributed by atoms with Crippen molar-refractivity contribution in [1.82, 2.24) is 0 Å². The van der Waals surface area contributed by atoms with Gasteiger partial charge in [0.1, 0.15) is 11.9 Å². The van der Waals surface area contributed by atoms with Crippen LogP contribution in [0.5, 0.6) is 0 Å². The van der Waals surface area contributed by atoms with E-state index in [0.29, 0.717) is 5.76 Å². The number of hydrogen-bond donors (Lipinski definition) is 1. The van der Waals surface area contributed by atoms with Crippen LogP contribution >= 0.6 is 0 Å². The molecule has 1 atom stereocenters. The number of ether oxygens (including phenoxy) is 2. The highest BCUT2D eigenvalue weighted by molar-refractivity contribution is 5.14. The van der Waals surface area contributed by atoms with Crippen molar-refractivity contribution in [1.29, 1.82) is 0 Å². The van der Waals surface area contributed by atoms with Gasteiger partial charge in [-0.05, 0) is 13.0 Å². The zero-order valence-corrected chi connectivity index (χ0v) is 6.00. The van der Waals surface area contributed by atoms with Crippen molar-refractivity contribution in [3.63, 3.8) is 0 Å². The number of rotatable bonds is 1. The second-order valence-electron chi connectivity index (χ2n) is 2.04. The first-order valence-electron chi connectivity index (χ1n) is 3.01. The third-order valence-corrected chi connectivity index (χ3v) is 1.38. The van der Waals surface area contributed by atoms with Crippen molar-refractivity contribution in [2.24, 2.45) is 0 Å². The van der Waals surface area contributed by atoms with Gasteiger partial charge >= 0.3 is 0 Å². The Morgan fingerprint density at radius 3 is 2.90 bits per heavy atom. The van der Waals surface area contributed by atoms with Crippen molar-refractivity contribution >= 4 is 0 Å². The summed E-state index contributed by atoms with van der Waals surface area (Å²) >= 11 is 0. The summed E-state index contributed by atoms with van der Waals surface area (Å²) in [6.45, 7) is 1.69. The summed E-state index contributed by atoms with van der Waals surface area (Å²) in [5.74, 6) is 0.638. The fraction of sp³-hybridized carbons (Fsp3) is 0.429. The predicted molar refractivity (Wildman–Crippen MR) is 36.4 cm³/mol. The molecule has 10 heavy (non-hydrogen) atoms. The van der Waals surface area contributed by atoms with E-state index in [1.54, 1.807) is 13.0 Å². The fourth-order valence-corrected chi connectivity index (χ4v) is 0.755. The van der Waals surface area contributed by atoms with Gasteiger partial charge in [-0.3, -0.25) is 0 Å². The largest absolute Gasteiger partial charge is 0.506 e. The number of allylic oxidation sites excluding steroid dienone is 1. The average Bonchev–Trinajstić information content (AvgIpc) is 1.95. The molecule has 0 aromatic carbocycles. The van der Waals surface area contributed by atoms with Gasteiger partial charge in [-0.2, -0.15) is 0 Å². The molecule has 0 aromatic heterocycles. The molecule has 1 rings (SSSR count). The Morgan fingerprint density at radius 2 is 2.40 bits per heavy atom. The molecule has 3 heteroatoms. The van der Waals surface area contributed by atoms with Crippen LogP contribution in [0.25, 0.3) is 0 Å². The van der Waals surface area contributed by atoms with E-state index in [4.69, 9.17) is 9.47 Å². The van der Waals surface area contributed by atoms with Gasteiger partial charge in [0.05, 0.1) is 6.26 Å². The van der Waals surface area contributed by atoms with Gasteiger partial charge in [-0.15, -0.1) is 0 Å². The minimum atomic E-state index is -0.339. The summed E-state index contributed by atoms with van der Waals surface area (Å²) in [6.07, 6.45) is 2.81. The molecule has 1 heterocycles. The molecule has 0 bridgehead atoms. The van der Waals surface area contributed by atoms with Crippen LogP contribution in [-0.2, 0) is 9.47 Å². The summed E-state index contributed by atoms with van der Waals surface area (Å²) in [7, 11) is 1.53. The Morgan fingerprint density at radius 1 is 1.70 bits per heavy atom. The molecule has 0 aliphatic carbocycles. The van der Waals surface area contributed by atoms with Crippen molar-refractivity contribution < 1.29 is 14.6 Å². The Hall–Kier alpha value is -0.960. The first-order chi connectivity index (χ1) is 4.75. The van der Waals surface area contributed by atoms with Gasteiger partial charge in [0.15, 0.2) is 5.76 Å². The van der Waals surface area contributed by atoms with Crippen molar-refractivity contribution in [2.75, 3.05) is 7.11 Å². The highest BCUT2D eigenvalue weighted by Crippen LogP contribution is 2.16. The Balaban J connectivity index is 2.75. The van der Waals surface area contributed by atoms with Gasteiger partial charge in [0, 0.05) is 7.11 Å². The molecular formula is C7H10O3. The molecule has 0 aromatic rings. The van der Waals surface area contributed by atoms with Crippen LogP contribution in [0.3, 0.4) is 0 Å². The van der Waals surface area contributed by atoms with E-state index in [0.717, 1.165) is 0 Å². The van der Waals surface area contributed by atoms with Gasteiger partial charge in [-0.25, -0.2) is 0 Å². The highest BCUT2D eigenvalue weighted by Gasteiger charge is 2.16. The standard InChI is InChI=1S/C7H10O3/c1-5-7(8)6(9-2)3-4-10-5/h3-4,6,8H,1-2H3. The molecule has 0 saturated carbocycles. The highest BCUT2D eigenvalue weighted by atomic mass is 16.5. The predicted octanol–water partition coefficient (Wildman–Crippen LogP) is 1.33. The zero-order valence-electron chi connectivity index (χ0n) is 6.00. The lowest BCUT2D eigenvalue weighted by Crippen LogP contribution is -2.15. The quantitative estimate of drug-likeness (QED) is 0.600. The number of hydrogen-bond acceptors (Lipinski definition) is 3. The molecule has 3 nitrogen and oxygen atoms in total. The van der Waals surface area contributed by atoms with Gasteiger partial charge in [-0.1, -0.05) is 0 Å². The lowest BCUT2D eigenvalue weighted by molar-refractivity contribution is 0.106. The molecule has 1 aliphatic heterocycles. The topological polar surface area (TPSA) is 38.7 Å². The SMILES string of the molecule is COC1C=COC(C)=C1O. The fourth-order valence-electron chi connectivity index (χ4n) is 0.755. The van der Waals surface area contributed by atoms with E-state index in [-0.39, 0.29) is 11.9 Å². The third kappa shape index (κ3) is 1.14. The first-order valence-corrected chi connectivity index (χ1v) is 3.01. The lowest BCUT2D eigenvalue weighted by atomic mass is 10.2. The molecule has 1 N–H and O–H groups in total. The molecule has 0 saturated heterocycles. The van der Waals surface area contributed by atoms with Crippen LogP contribution < -0.4 is 0 Å². The van der Waals surface area contributed by atoms with E-state index in [1.807, 2.05) is 0 Å². The molecule has 0 radical (unpaired) electrons. The van der Waals surface area contributed by atoms with Crippen molar-refractivity contribution in [3.8, 4) is 0 Å². The van der Waals surface area contributed by atoms with E-state index in [9.17, 15) is 5.11 Å². The van der Waals surface area contributed by atoms with Crippen LogP contribution in [0.2, 0.25) is 0 Å². The van der Waals surface area contributed by atoms with E-state index >= 15 is 0 Å². The normalized spacial score (nSPS) is 24.8. The van der Waals surface area contributed by atoms with E-state index < -0.39 is 0 Å². The number of aliphatic hydroxyl groups is 1. The smallest absolute Gasteiger partial charge is 0.163 e. The summed E-state index contributed by atoms with van der Waals surface area (Å²) < 4.78 is 9.79. The average molecular weight is 142 g/mol. The Labute approximate surface area is 59.6 Å². The second kappa shape index (κ2) is 2.75. The van der Waals surface area contributed by atoms with Crippen LogP contribution in [-0.4, -0.2) is 18.3 Å². The molecule has 0 amide bonds. The minimum Gasteiger partial charge on any atom is -0.506 e. The van der Waals surface area contributed by atoms with Gasteiger partial charge < -0.3 is 14.6 Å². The minimum absolute atomic E-state index is 0.144. The maximum atomic E-state index is 9.22. The maximum Gasteiger partial charge on any atom is 0.163 e. The van der Waals surface area contributed by atoms with E-state index in [2.05, 4.69) is 0 Å². The monoisotopic (exact) mass is 142 g/mol. The summed E-state index contributed by atoms with van der Waals surface area (Å²) in [4.78, 5) is 0. The van der Waals surface area contributed by atoms with Crippen molar-refractivity contribution in [3.05, 3.63) is 23.9 Å². The second-order valence-corrected chi connectivity index (χ2v) is 2.04. The van der Waals surface area contributed by atoms with Crippen molar-refractivity contribution in [2.45, 2.75) is 13.0 Å².